The smallest absolute Gasteiger partial charge is 0.404 e. The lowest BCUT2D eigenvalue weighted by Gasteiger charge is -2.26. The van der Waals surface area contributed by atoms with Crippen LogP contribution in [0.1, 0.15) is 37.8 Å². The highest BCUT2D eigenvalue weighted by Crippen LogP contribution is 2.41. The number of carboxylic acid groups (broad SMARTS) is 1. The van der Waals surface area contributed by atoms with Crippen LogP contribution in [0.25, 0.3) is 10.9 Å². The monoisotopic (exact) mass is 480 g/mol. The Morgan fingerprint density at radius 3 is 2.52 bits per heavy atom. The summed E-state index contributed by atoms with van der Waals surface area (Å²) in [6.45, 7) is 4.58. The fourth-order valence-electron chi connectivity index (χ4n) is 4.80. The van der Waals surface area contributed by atoms with Crippen molar-refractivity contribution in [3.05, 3.63) is 33.9 Å². The van der Waals surface area contributed by atoms with Gasteiger partial charge >= 0.3 is 6.09 Å². The lowest BCUT2D eigenvalue weighted by atomic mass is 10.0. The maximum Gasteiger partial charge on any atom is 0.404 e. The van der Waals surface area contributed by atoms with Crippen molar-refractivity contribution in [3.8, 4) is 0 Å². The van der Waals surface area contributed by atoms with E-state index in [1.54, 1.807) is 13.8 Å². The minimum absolute atomic E-state index is 0.0221. The van der Waals surface area contributed by atoms with Gasteiger partial charge in [-0.2, -0.15) is 0 Å². The van der Waals surface area contributed by atoms with Crippen molar-refractivity contribution in [3.63, 3.8) is 0 Å². The average Bonchev–Trinajstić information content (AvgIpc) is 3.43. The normalized spacial score (nSPS) is 19.9. The second kappa shape index (κ2) is 8.28. The molecule has 1 saturated carbocycles. The molecule has 11 heteroatoms. The van der Waals surface area contributed by atoms with Crippen molar-refractivity contribution in [1.29, 1.82) is 0 Å². The lowest BCUT2D eigenvalue weighted by molar-refractivity contribution is 0.186. The van der Waals surface area contributed by atoms with Crippen molar-refractivity contribution < 1.29 is 22.7 Å². The molecule has 2 N–H and O–H groups in total. The summed E-state index contributed by atoms with van der Waals surface area (Å²) < 4.78 is 43.5. The van der Waals surface area contributed by atoms with Gasteiger partial charge < -0.3 is 19.9 Å². The number of amides is 1. The summed E-state index contributed by atoms with van der Waals surface area (Å²) in [6, 6.07) is 2.19. The molecule has 2 aromatic rings. The zero-order valence-corrected chi connectivity index (χ0v) is 19.9. The van der Waals surface area contributed by atoms with Gasteiger partial charge in [0.15, 0.2) is 0 Å². The third kappa shape index (κ3) is 4.08. The van der Waals surface area contributed by atoms with Crippen LogP contribution in [0.4, 0.5) is 14.9 Å². The number of fused-ring (bicyclic) bond motifs is 1. The number of nitrogens with zero attached hydrogens (tertiary/aromatic N) is 3. The van der Waals surface area contributed by atoms with E-state index < -0.39 is 27.5 Å². The Labute approximate surface area is 191 Å². The molecule has 1 aliphatic carbocycles. The van der Waals surface area contributed by atoms with Crippen LogP contribution in [-0.2, 0) is 10.0 Å². The second-order valence-electron chi connectivity index (χ2n) is 9.21. The number of rotatable bonds is 6. The first-order valence-electron chi connectivity index (χ1n) is 11.0. The maximum atomic E-state index is 15.4. The van der Waals surface area contributed by atoms with Gasteiger partial charge in [0, 0.05) is 44.7 Å². The molecule has 9 nitrogen and oxygen atoms in total. The van der Waals surface area contributed by atoms with Crippen molar-refractivity contribution in [1.82, 2.24) is 14.2 Å². The molecule has 33 heavy (non-hydrogen) atoms. The van der Waals surface area contributed by atoms with Gasteiger partial charge in [0.1, 0.15) is 10.7 Å². The molecule has 1 amide bonds. The standard InChI is InChI=1S/C22H29FN4O5S/c1-12-19-15(10-18(33(31,32)25(3)4)21(28)27(19)16-5-6-16)9-17(23)20(12)26-8-7-14(11-26)13(2)24-22(29)30/h9-10,13-14,16,24H,5-8,11H2,1-4H3,(H,29,30)/t13-,14?/m0/s1. The Morgan fingerprint density at radius 2 is 1.94 bits per heavy atom. The molecule has 2 fully saturated rings. The first-order chi connectivity index (χ1) is 15.4. The fourth-order valence-corrected chi connectivity index (χ4v) is 5.78. The molecule has 4 rings (SSSR count). The topological polar surface area (TPSA) is 112 Å². The first-order valence-corrected chi connectivity index (χ1v) is 12.4. The zero-order valence-electron chi connectivity index (χ0n) is 19.1. The van der Waals surface area contributed by atoms with Gasteiger partial charge in [0.05, 0.1) is 11.2 Å². The number of halogens is 1. The SMILES string of the molecule is Cc1c(N2CCC([C@H](C)NC(=O)O)C2)c(F)cc2cc(S(=O)(=O)N(C)C)c(=O)n(C3CC3)c12. The molecule has 1 unspecified atom stereocenters. The molecule has 2 aliphatic rings. The Morgan fingerprint density at radius 1 is 1.27 bits per heavy atom. The van der Waals surface area contributed by atoms with Crippen LogP contribution >= 0.6 is 0 Å². The second-order valence-corrected chi connectivity index (χ2v) is 11.3. The minimum atomic E-state index is -3.99. The fraction of sp³-hybridized carbons (Fsp3) is 0.545. The van der Waals surface area contributed by atoms with Gasteiger partial charge in [0.25, 0.3) is 5.56 Å². The molecule has 1 aliphatic heterocycles. The summed E-state index contributed by atoms with van der Waals surface area (Å²) in [5.74, 6) is -0.470. The largest absolute Gasteiger partial charge is 0.465 e. The minimum Gasteiger partial charge on any atom is -0.465 e. The molecule has 2 atom stereocenters. The van der Waals surface area contributed by atoms with Crippen LogP contribution in [0.5, 0.6) is 0 Å². The number of hydrogen-bond donors (Lipinski definition) is 2. The van der Waals surface area contributed by atoms with Gasteiger partial charge in [-0.05, 0) is 56.7 Å². The molecule has 1 aromatic carbocycles. The number of aryl methyl sites for hydroxylation is 1. The van der Waals surface area contributed by atoms with Crippen molar-refractivity contribution in [2.75, 3.05) is 32.1 Å². The summed E-state index contributed by atoms with van der Waals surface area (Å²) in [5.41, 5.74) is 0.932. The number of carbonyl (C=O) groups is 1. The molecular formula is C22H29FN4O5S. The summed E-state index contributed by atoms with van der Waals surface area (Å²) >= 11 is 0. The third-order valence-electron chi connectivity index (χ3n) is 6.72. The summed E-state index contributed by atoms with van der Waals surface area (Å²) in [5, 5.41) is 11.8. The van der Waals surface area contributed by atoms with E-state index >= 15 is 4.39 Å². The van der Waals surface area contributed by atoms with Gasteiger partial charge in [-0.1, -0.05) is 0 Å². The van der Waals surface area contributed by atoms with Crippen LogP contribution in [0, 0.1) is 18.7 Å². The van der Waals surface area contributed by atoms with Crippen LogP contribution in [0.15, 0.2) is 21.8 Å². The quantitative estimate of drug-likeness (QED) is 0.657. The van der Waals surface area contributed by atoms with Crippen LogP contribution in [0.3, 0.4) is 0 Å². The Balaban J connectivity index is 1.85. The first kappa shape index (κ1) is 23.5. The van der Waals surface area contributed by atoms with Crippen molar-refractivity contribution >= 4 is 32.7 Å². The van der Waals surface area contributed by atoms with Crippen LogP contribution < -0.4 is 15.8 Å². The number of nitrogens with one attached hydrogen (secondary N) is 1. The van der Waals surface area contributed by atoms with E-state index in [9.17, 15) is 18.0 Å². The molecule has 0 spiro atoms. The van der Waals surface area contributed by atoms with Gasteiger partial charge in [-0.15, -0.1) is 0 Å². The van der Waals surface area contributed by atoms with Gasteiger partial charge in [0.2, 0.25) is 10.0 Å². The number of hydrogen-bond acceptors (Lipinski definition) is 5. The molecule has 2 heterocycles. The predicted octanol–water partition coefficient (Wildman–Crippen LogP) is 2.52. The van der Waals surface area contributed by atoms with Crippen molar-refractivity contribution in [2.45, 2.75) is 50.1 Å². The van der Waals surface area contributed by atoms with E-state index in [0.717, 1.165) is 17.1 Å². The highest BCUT2D eigenvalue weighted by Gasteiger charge is 2.34. The van der Waals surface area contributed by atoms with E-state index in [4.69, 9.17) is 5.11 Å². The van der Waals surface area contributed by atoms with E-state index in [-0.39, 0.29) is 22.9 Å². The maximum absolute atomic E-state index is 15.4. The summed E-state index contributed by atoms with van der Waals surface area (Å²) in [4.78, 5) is 25.8. The molecular weight excluding hydrogens is 451 g/mol. The van der Waals surface area contributed by atoms with Crippen LogP contribution in [0.2, 0.25) is 0 Å². The molecule has 0 radical (unpaired) electrons. The Bertz CT molecular complexity index is 1290. The molecule has 0 bridgehead atoms. The van der Waals surface area contributed by atoms with E-state index in [1.807, 2.05) is 4.90 Å². The Hall–Kier alpha value is -2.66. The van der Waals surface area contributed by atoms with E-state index in [2.05, 4.69) is 5.32 Å². The van der Waals surface area contributed by atoms with E-state index in [1.165, 1.54) is 30.8 Å². The highest BCUT2D eigenvalue weighted by atomic mass is 32.2. The Kier molecular flexibility index (Phi) is 5.90. The molecule has 180 valence electrons. The number of aromatic nitrogens is 1. The van der Waals surface area contributed by atoms with Gasteiger partial charge in [-0.25, -0.2) is 21.9 Å². The lowest BCUT2D eigenvalue weighted by Crippen LogP contribution is -2.38. The molecule has 1 aromatic heterocycles. The number of anilines is 1. The van der Waals surface area contributed by atoms with Crippen LogP contribution in [-0.4, -0.2) is 61.7 Å². The summed E-state index contributed by atoms with van der Waals surface area (Å²) in [6.07, 6.45) is 1.13. The predicted molar refractivity (Wildman–Crippen MR) is 123 cm³/mol. The van der Waals surface area contributed by atoms with Gasteiger partial charge in [-0.3, -0.25) is 4.79 Å². The molecule has 1 saturated heterocycles. The zero-order chi connectivity index (χ0) is 24.2. The third-order valence-corrected chi connectivity index (χ3v) is 8.53. The number of pyridine rings is 1. The highest BCUT2D eigenvalue weighted by molar-refractivity contribution is 7.89. The average molecular weight is 481 g/mol. The number of sulfonamides is 1. The van der Waals surface area contributed by atoms with Crippen molar-refractivity contribution in [2.24, 2.45) is 5.92 Å². The summed E-state index contributed by atoms with van der Waals surface area (Å²) in [7, 11) is -1.27. The number of benzene rings is 1. The van der Waals surface area contributed by atoms with E-state index in [0.29, 0.717) is 41.7 Å².